The van der Waals surface area contributed by atoms with Crippen molar-refractivity contribution >= 4 is 33.9 Å². The van der Waals surface area contributed by atoms with Crippen LogP contribution in [0.5, 0.6) is 0 Å². The molecule has 0 bridgehead atoms. The molecule has 4 aromatic rings. The highest BCUT2D eigenvalue weighted by Gasteiger charge is 2.13. The topological polar surface area (TPSA) is 67.7 Å². The van der Waals surface area contributed by atoms with Crippen LogP contribution in [-0.4, -0.2) is 12.1 Å². The van der Waals surface area contributed by atoms with Crippen LogP contribution in [0.3, 0.4) is 0 Å². The van der Waals surface area contributed by atoms with E-state index >= 15 is 0 Å². The second-order valence-electron chi connectivity index (χ2n) is 5.02. The number of hydrogen-bond donors (Lipinski definition) is 1. The highest BCUT2D eigenvalue weighted by molar-refractivity contribution is 6.08. The largest absolute Gasteiger partial charge is 0.463 e. The van der Waals surface area contributed by atoms with Crippen LogP contribution in [0.25, 0.3) is 21.7 Å². The Morgan fingerprint density at radius 2 is 1.96 bits per heavy atom. The van der Waals surface area contributed by atoms with Crippen molar-refractivity contribution in [3.05, 3.63) is 72.4 Å². The molecule has 2 aromatic heterocycles. The first-order chi connectivity index (χ1) is 11.3. The van der Waals surface area contributed by atoms with Gasteiger partial charge in [-0.2, -0.15) is 5.10 Å². The fourth-order valence-electron chi connectivity index (χ4n) is 2.48. The van der Waals surface area contributed by atoms with E-state index in [1.807, 2.05) is 36.4 Å². The van der Waals surface area contributed by atoms with Crippen molar-refractivity contribution in [3.8, 4) is 0 Å². The maximum absolute atomic E-state index is 12.1. The van der Waals surface area contributed by atoms with Gasteiger partial charge < -0.3 is 8.83 Å². The lowest BCUT2D eigenvalue weighted by Gasteiger charge is -1.96. The summed E-state index contributed by atoms with van der Waals surface area (Å²) in [5.41, 5.74) is 3.09. The van der Waals surface area contributed by atoms with Gasteiger partial charge in [0.25, 0.3) is 0 Å². The summed E-state index contributed by atoms with van der Waals surface area (Å²) in [6.45, 7) is 0. The van der Waals surface area contributed by atoms with Crippen molar-refractivity contribution in [2.24, 2.45) is 5.10 Å². The van der Waals surface area contributed by atoms with E-state index in [0.717, 1.165) is 16.2 Å². The molecule has 0 radical (unpaired) electrons. The molecule has 0 atom stereocenters. The second-order valence-corrected chi connectivity index (χ2v) is 5.02. The van der Waals surface area contributed by atoms with Gasteiger partial charge >= 0.3 is 5.91 Å². The molecule has 1 N–H and O–H groups in total. The summed E-state index contributed by atoms with van der Waals surface area (Å²) in [5.74, 6) is 0.363. The number of hydrazone groups is 1. The molecule has 0 aliphatic rings. The van der Waals surface area contributed by atoms with Crippen LogP contribution in [0.4, 0.5) is 0 Å². The molecular weight excluding hydrogens is 292 g/mol. The molecule has 0 aliphatic carbocycles. The average Bonchev–Trinajstić information content (AvgIpc) is 3.24. The van der Waals surface area contributed by atoms with Gasteiger partial charge in [-0.25, -0.2) is 5.43 Å². The molecule has 1 amide bonds. The molecule has 112 valence electrons. The normalized spacial score (nSPS) is 11.5. The van der Waals surface area contributed by atoms with Gasteiger partial charge in [-0.15, -0.1) is 0 Å². The van der Waals surface area contributed by atoms with Crippen LogP contribution in [0.1, 0.15) is 16.3 Å². The third-order valence-electron chi connectivity index (χ3n) is 3.55. The first kappa shape index (κ1) is 13.3. The van der Waals surface area contributed by atoms with Gasteiger partial charge in [0.15, 0.2) is 5.76 Å². The summed E-state index contributed by atoms with van der Waals surface area (Å²) in [6.07, 6.45) is 2.96. The molecule has 0 saturated carbocycles. The zero-order valence-electron chi connectivity index (χ0n) is 12.0. The summed E-state index contributed by atoms with van der Waals surface area (Å²) >= 11 is 0. The van der Waals surface area contributed by atoms with Crippen LogP contribution >= 0.6 is 0 Å². The molecule has 0 unspecified atom stereocenters. The second kappa shape index (κ2) is 5.46. The predicted molar refractivity (Wildman–Crippen MR) is 87.5 cm³/mol. The number of fused-ring (bicyclic) bond motifs is 3. The van der Waals surface area contributed by atoms with E-state index in [4.69, 9.17) is 8.83 Å². The molecule has 2 aromatic carbocycles. The minimum Gasteiger partial charge on any atom is -0.463 e. The standard InChI is InChI=1S/C18H12N2O3/c21-18(20-19-11-13-5-3-9-22-13)17-10-15-14-6-2-1-4-12(14)7-8-16(15)23-17/h1-11H,(H,20,21)/b19-11+. The average molecular weight is 304 g/mol. The zero-order valence-corrected chi connectivity index (χ0v) is 12.0. The molecule has 2 heterocycles. The van der Waals surface area contributed by atoms with Gasteiger partial charge in [-0.1, -0.05) is 30.3 Å². The van der Waals surface area contributed by atoms with Gasteiger partial charge in [0, 0.05) is 5.39 Å². The van der Waals surface area contributed by atoms with E-state index in [9.17, 15) is 4.79 Å². The minimum absolute atomic E-state index is 0.216. The monoisotopic (exact) mass is 304 g/mol. The van der Waals surface area contributed by atoms with Crippen molar-refractivity contribution in [1.29, 1.82) is 0 Å². The number of carbonyl (C=O) groups is 1. The Labute approximate surface area is 131 Å². The maximum atomic E-state index is 12.1. The van der Waals surface area contributed by atoms with E-state index in [0.29, 0.717) is 11.3 Å². The highest BCUT2D eigenvalue weighted by Crippen LogP contribution is 2.28. The Morgan fingerprint density at radius 1 is 1.04 bits per heavy atom. The van der Waals surface area contributed by atoms with Gasteiger partial charge in [-0.3, -0.25) is 4.79 Å². The van der Waals surface area contributed by atoms with Crippen LogP contribution in [-0.2, 0) is 0 Å². The van der Waals surface area contributed by atoms with E-state index in [1.54, 1.807) is 18.2 Å². The summed E-state index contributed by atoms with van der Waals surface area (Å²) in [7, 11) is 0. The van der Waals surface area contributed by atoms with Gasteiger partial charge in [-0.05, 0) is 35.0 Å². The van der Waals surface area contributed by atoms with E-state index in [2.05, 4.69) is 10.5 Å². The van der Waals surface area contributed by atoms with E-state index < -0.39 is 5.91 Å². The van der Waals surface area contributed by atoms with Crippen molar-refractivity contribution < 1.29 is 13.6 Å². The third-order valence-corrected chi connectivity index (χ3v) is 3.55. The fraction of sp³-hybridized carbons (Fsp3) is 0. The van der Waals surface area contributed by atoms with Gasteiger partial charge in [0.05, 0.1) is 12.5 Å². The lowest BCUT2D eigenvalue weighted by molar-refractivity contribution is 0.0929. The summed E-state index contributed by atoms with van der Waals surface area (Å²) in [4.78, 5) is 12.1. The SMILES string of the molecule is O=C(N/N=C/c1ccco1)c1cc2c(ccc3ccccc32)o1. The quantitative estimate of drug-likeness (QED) is 0.460. The number of amides is 1. The third kappa shape index (κ3) is 2.48. The summed E-state index contributed by atoms with van der Waals surface area (Å²) in [6, 6.07) is 17.0. The van der Waals surface area contributed by atoms with Crippen molar-refractivity contribution in [2.75, 3.05) is 0 Å². The number of rotatable bonds is 3. The summed E-state index contributed by atoms with van der Waals surface area (Å²) in [5, 5.41) is 6.90. The molecule has 5 nitrogen and oxygen atoms in total. The fourth-order valence-corrected chi connectivity index (χ4v) is 2.48. The van der Waals surface area contributed by atoms with Crippen molar-refractivity contribution in [1.82, 2.24) is 5.43 Å². The number of furan rings is 2. The molecular formula is C18H12N2O3. The Morgan fingerprint density at radius 3 is 2.83 bits per heavy atom. The predicted octanol–water partition coefficient (Wildman–Crippen LogP) is 3.94. The van der Waals surface area contributed by atoms with Gasteiger partial charge in [0.1, 0.15) is 11.3 Å². The molecule has 0 fully saturated rings. The summed E-state index contributed by atoms with van der Waals surface area (Å²) < 4.78 is 10.7. The lowest BCUT2D eigenvalue weighted by Crippen LogP contribution is -2.16. The van der Waals surface area contributed by atoms with Crippen LogP contribution in [0.2, 0.25) is 0 Å². The van der Waals surface area contributed by atoms with E-state index in [1.165, 1.54) is 12.5 Å². The Bertz CT molecular complexity index is 1010. The van der Waals surface area contributed by atoms with Crippen LogP contribution in [0, 0.1) is 0 Å². The number of benzene rings is 2. The maximum Gasteiger partial charge on any atom is 0.307 e. The number of nitrogens with one attached hydrogen (secondary N) is 1. The zero-order chi connectivity index (χ0) is 15.6. The Kier molecular flexibility index (Phi) is 3.16. The first-order valence-corrected chi connectivity index (χ1v) is 7.09. The molecule has 5 heteroatoms. The first-order valence-electron chi connectivity index (χ1n) is 7.09. The smallest absolute Gasteiger partial charge is 0.307 e. The molecule has 0 spiro atoms. The number of carbonyl (C=O) groups excluding carboxylic acids is 1. The molecule has 0 saturated heterocycles. The molecule has 4 rings (SSSR count). The van der Waals surface area contributed by atoms with Gasteiger partial charge in [0.2, 0.25) is 0 Å². The molecule has 0 aliphatic heterocycles. The lowest BCUT2D eigenvalue weighted by atomic mass is 10.1. The van der Waals surface area contributed by atoms with Crippen molar-refractivity contribution in [3.63, 3.8) is 0 Å². The minimum atomic E-state index is -0.409. The number of hydrogen-bond acceptors (Lipinski definition) is 4. The molecule has 23 heavy (non-hydrogen) atoms. The van der Waals surface area contributed by atoms with E-state index in [-0.39, 0.29) is 5.76 Å². The Hall–Kier alpha value is -3.34. The number of nitrogens with zero attached hydrogens (tertiary/aromatic N) is 1. The van der Waals surface area contributed by atoms with Crippen LogP contribution in [0.15, 0.2) is 74.8 Å². The highest BCUT2D eigenvalue weighted by atomic mass is 16.3. The Balaban J connectivity index is 1.63. The van der Waals surface area contributed by atoms with Crippen molar-refractivity contribution in [2.45, 2.75) is 0 Å². The van der Waals surface area contributed by atoms with Crippen LogP contribution < -0.4 is 5.43 Å².